The molecule has 0 bridgehead atoms. The molecule has 0 spiro atoms. The molecule has 1 N–H and O–H groups in total. The maximum atomic E-state index is 11.3. The summed E-state index contributed by atoms with van der Waals surface area (Å²) in [6.07, 6.45) is -0.467. The van der Waals surface area contributed by atoms with Crippen molar-refractivity contribution < 1.29 is 9.53 Å². The van der Waals surface area contributed by atoms with Crippen LogP contribution in [0.2, 0.25) is 0 Å². The molecule has 15 heavy (non-hydrogen) atoms. The summed E-state index contributed by atoms with van der Waals surface area (Å²) in [5.41, 5.74) is 0.0629. The fourth-order valence-corrected chi connectivity index (χ4v) is 2.02. The van der Waals surface area contributed by atoms with Gasteiger partial charge in [-0.1, -0.05) is 0 Å². The fourth-order valence-electron chi connectivity index (χ4n) is 0.884. The number of hydrogen-bond donors (Lipinski definition) is 1. The molecule has 0 radical (unpaired) electrons. The van der Waals surface area contributed by atoms with E-state index in [0.29, 0.717) is 5.56 Å². The average molecular weight is 225 g/mol. The number of nitriles is 1. The number of thiophene rings is 1. The maximum absolute atomic E-state index is 11.3. The molecule has 1 heterocycles. The predicted octanol–water partition coefficient (Wildman–Crippen LogP) is 2.79. The van der Waals surface area contributed by atoms with Crippen molar-refractivity contribution in [2.45, 2.75) is 26.4 Å². The highest BCUT2D eigenvalue weighted by molar-refractivity contribution is 7.31. The Morgan fingerprint density at radius 2 is 2.27 bits per heavy atom. The summed E-state index contributed by atoms with van der Waals surface area (Å²) < 4.78 is 7.73. The van der Waals surface area contributed by atoms with E-state index in [9.17, 15) is 4.79 Å². The number of amides is 1. The first-order chi connectivity index (χ1) is 6.90. The Kier molecular flexibility index (Phi) is 3.32. The minimum Gasteiger partial charge on any atom is -0.441 e. The topological polar surface area (TPSA) is 62.1 Å². The summed E-state index contributed by atoms with van der Waals surface area (Å²) in [5, 5.41) is 12.1. The van der Waals surface area contributed by atoms with E-state index < -0.39 is 22.4 Å². The summed E-state index contributed by atoms with van der Waals surface area (Å²) in [5.74, 6) is 0. The smallest absolute Gasteiger partial charge is 0.441 e. The maximum Gasteiger partial charge on any atom is 0.453 e. The summed E-state index contributed by atoms with van der Waals surface area (Å²) >= 11 is 0. The molecule has 1 rings (SSSR count). The van der Waals surface area contributed by atoms with Crippen LogP contribution in [0, 0.1) is 11.3 Å². The Hall–Kier alpha value is -1.54. The number of carbonyl (C=O) groups excluding carboxylic acids is 1. The van der Waals surface area contributed by atoms with E-state index in [0.717, 1.165) is 0 Å². The summed E-state index contributed by atoms with van der Waals surface area (Å²) in [4.78, 5) is 11.3. The number of rotatable bonds is 1. The summed E-state index contributed by atoms with van der Waals surface area (Å²) in [6, 6.07) is 3.69. The Bertz CT molecular complexity index is 398. The standard InChI is InChI=1S/C10H12N2O2S/c1-10(2,3)14-9(13)12-15-5-4-8(6-11)7-15/h4-5,7H,1-3H3/p+1. The number of ether oxygens (including phenoxy) is 1. The molecular formula is C10H13N2O2S+. The molecule has 0 fully saturated rings. The lowest BCUT2D eigenvalue weighted by Gasteiger charge is -2.17. The quantitative estimate of drug-likeness (QED) is 0.747. The first kappa shape index (κ1) is 11.5. The minimum absolute atomic E-state index is 0.467. The fraction of sp³-hybridized carbons (Fsp3) is 0.400. The third kappa shape index (κ3) is 4.00. The molecule has 0 saturated heterocycles. The van der Waals surface area contributed by atoms with Gasteiger partial charge in [0.1, 0.15) is 17.2 Å². The van der Waals surface area contributed by atoms with Crippen LogP contribution in [0.15, 0.2) is 16.8 Å². The van der Waals surface area contributed by atoms with Gasteiger partial charge in [0, 0.05) is 6.07 Å². The lowest BCUT2D eigenvalue weighted by molar-refractivity contribution is 0.0643. The highest BCUT2D eigenvalue weighted by Crippen LogP contribution is 2.18. The normalized spacial score (nSPS) is 11.7. The zero-order chi connectivity index (χ0) is 11.5. The van der Waals surface area contributed by atoms with Crippen LogP contribution >= 0.6 is 10.7 Å². The van der Waals surface area contributed by atoms with E-state index in [1.165, 1.54) is 0 Å². The SMILES string of the molecule is CC(C)(C)OC(=O)N[s+]1ccc(C#N)c1. The molecule has 1 amide bonds. The van der Waals surface area contributed by atoms with Crippen molar-refractivity contribution in [1.82, 2.24) is 0 Å². The van der Waals surface area contributed by atoms with Crippen LogP contribution in [0.3, 0.4) is 0 Å². The van der Waals surface area contributed by atoms with Gasteiger partial charge in [-0.15, -0.1) is 4.72 Å². The van der Waals surface area contributed by atoms with E-state index in [-0.39, 0.29) is 0 Å². The van der Waals surface area contributed by atoms with Crippen molar-refractivity contribution in [3.05, 3.63) is 22.4 Å². The van der Waals surface area contributed by atoms with Crippen LogP contribution in [-0.4, -0.2) is 11.7 Å². The minimum atomic E-state index is -0.512. The van der Waals surface area contributed by atoms with Gasteiger partial charge in [-0.05, 0) is 20.8 Å². The van der Waals surface area contributed by atoms with Crippen LogP contribution in [-0.2, 0) is 4.74 Å². The molecule has 4 nitrogen and oxygen atoms in total. The van der Waals surface area contributed by atoms with Crippen molar-refractivity contribution in [3.63, 3.8) is 0 Å². The number of nitrogens with zero attached hydrogens (tertiary/aromatic N) is 1. The van der Waals surface area contributed by atoms with Crippen molar-refractivity contribution >= 4 is 16.7 Å². The van der Waals surface area contributed by atoms with Gasteiger partial charge in [0.15, 0.2) is 10.8 Å². The molecule has 1 unspecified atom stereocenters. The zero-order valence-electron chi connectivity index (χ0n) is 8.90. The van der Waals surface area contributed by atoms with Crippen molar-refractivity contribution in [2.24, 2.45) is 0 Å². The van der Waals surface area contributed by atoms with E-state index in [1.807, 2.05) is 6.07 Å². The molecule has 5 heteroatoms. The summed E-state index contributed by atoms with van der Waals surface area (Å²) in [6.45, 7) is 5.41. The second-order valence-electron chi connectivity index (χ2n) is 3.96. The van der Waals surface area contributed by atoms with E-state index in [2.05, 4.69) is 4.72 Å². The number of carbonyl (C=O) groups is 1. The molecule has 80 valence electrons. The van der Waals surface area contributed by atoms with Gasteiger partial charge in [-0.3, -0.25) is 0 Å². The number of hydrogen-bond acceptors (Lipinski definition) is 3. The van der Waals surface area contributed by atoms with Crippen molar-refractivity contribution in [3.8, 4) is 6.07 Å². The highest BCUT2D eigenvalue weighted by atomic mass is 32.2. The molecule has 0 aromatic carbocycles. The Labute approximate surface area is 91.6 Å². The van der Waals surface area contributed by atoms with Gasteiger partial charge in [0.05, 0.1) is 10.7 Å². The lowest BCUT2D eigenvalue weighted by Crippen LogP contribution is -2.26. The van der Waals surface area contributed by atoms with Gasteiger partial charge in [0.2, 0.25) is 0 Å². The van der Waals surface area contributed by atoms with Crippen LogP contribution in [0.25, 0.3) is 0 Å². The summed E-state index contributed by atoms with van der Waals surface area (Å²) in [7, 11) is -0.512. The van der Waals surface area contributed by atoms with Gasteiger partial charge in [-0.2, -0.15) is 5.26 Å². The largest absolute Gasteiger partial charge is 0.453 e. The first-order valence-corrected chi connectivity index (χ1v) is 5.77. The second-order valence-corrected chi connectivity index (χ2v) is 5.42. The molecule has 1 atom stereocenters. The Morgan fingerprint density at radius 3 is 2.73 bits per heavy atom. The molecule has 0 aliphatic heterocycles. The monoisotopic (exact) mass is 225 g/mol. The highest BCUT2D eigenvalue weighted by Gasteiger charge is 2.19. The molecule has 0 aliphatic rings. The van der Waals surface area contributed by atoms with Crippen molar-refractivity contribution in [2.75, 3.05) is 4.72 Å². The third-order valence-electron chi connectivity index (χ3n) is 1.38. The lowest BCUT2D eigenvalue weighted by atomic mass is 10.2. The van der Waals surface area contributed by atoms with E-state index in [1.54, 1.807) is 37.6 Å². The van der Waals surface area contributed by atoms with Crippen molar-refractivity contribution in [1.29, 1.82) is 5.26 Å². The van der Waals surface area contributed by atoms with E-state index >= 15 is 0 Å². The van der Waals surface area contributed by atoms with Crippen LogP contribution in [0.4, 0.5) is 4.79 Å². The first-order valence-electron chi connectivity index (χ1n) is 4.42. The predicted molar refractivity (Wildman–Crippen MR) is 59.2 cm³/mol. The van der Waals surface area contributed by atoms with Crippen LogP contribution in [0.5, 0.6) is 0 Å². The second kappa shape index (κ2) is 4.32. The molecule has 1 aromatic heterocycles. The van der Waals surface area contributed by atoms with E-state index in [4.69, 9.17) is 10.00 Å². The average Bonchev–Trinajstić information content (AvgIpc) is 2.48. The molecular weight excluding hydrogens is 212 g/mol. The van der Waals surface area contributed by atoms with Crippen LogP contribution < -0.4 is 4.72 Å². The molecule has 0 aliphatic carbocycles. The van der Waals surface area contributed by atoms with Gasteiger partial charge in [-0.25, -0.2) is 4.79 Å². The Balaban J connectivity index is 2.56. The molecule has 0 saturated carbocycles. The number of nitrogens with one attached hydrogen (secondary N) is 1. The van der Waals surface area contributed by atoms with Gasteiger partial charge >= 0.3 is 6.09 Å². The zero-order valence-corrected chi connectivity index (χ0v) is 9.72. The van der Waals surface area contributed by atoms with Crippen LogP contribution in [0.1, 0.15) is 26.3 Å². The molecule has 1 aromatic rings. The third-order valence-corrected chi connectivity index (χ3v) is 2.72. The Morgan fingerprint density at radius 1 is 1.60 bits per heavy atom. The van der Waals surface area contributed by atoms with Gasteiger partial charge < -0.3 is 4.74 Å². The van der Waals surface area contributed by atoms with Gasteiger partial charge in [0.25, 0.3) is 0 Å².